The molecule has 38 heavy (non-hydrogen) atoms. The maximum Gasteiger partial charge on any atom is 0.264 e. The van der Waals surface area contributed by atoms with E-state index in [-0.39, 0.29) is 4.90 Å². The second-order valence-corrected chi connectivity index (χ2v) is 12.1. The van der Waals surface area contributed by atoms with Crippen LogP contribution < -0.4 is 14.8 Å². The average molecular weight is 534 g/mol. The molecular weight excluding hydrogens is 498 g/mol. The number of carbonyl (C=O) groups excluding carboxylic acids is 1. The summed E-state index contributed by atoms with van der Waals surface area (Å²) in [7, 11) is -4.08. The van der Waals surface area contributed by atoms with E-state index in [0.717, 1.165) is 57.8 Å². The van der Waals surface area contributed by atoms with Crippen molar-refractivity contribution in [3.63, 3.8) is 0 Å². The van der Waals surface area contributed by atoms with Gasteiger partial charge in [0.25, 0.3) is 15.9 Å². The quantitative estimate of drug-likeness (QED) is 0.457. The molecule has 1 unspecified atom stereocenters. The van der Waals surface area contributed by atoms with Crippen molar-refractivity contribution in [3.05, 3.63) is 87.5 Å². The Morgan fingerprint density at radius 2 is 1.84 bits per heavy atom. The number of hydrogen-bond donors (Lipinski definition) is 2. The molecule has 1 atom stereocenters. The third kappa shape index (κ3) is 4.46. The molecule has 0 aromatic heterocycles. The molecule has 0 bridgehead atoms. The van der Waals surface area contributed by atoms with Gasteiger partial charge in [-0.3, -0.25) is 9.69 Å². The van der Waals surface area contributed by atoms with Crippen molar-refractivity contribution < 1.29 is 17.9 Å². The van der Waals surface area contributed by atoms with Gasteiger partial charge in [0.2, 0.25) is 0 Å². The fourth-order valence-electron chi connectivity index (χ4n) is 5.85. The van der Waals surface area contributed by atoms with Crippen LogP contribution in [0, 0.1) is 20.8 Å². The number of anilines is 1. The SMILES string of the molecule is CCOc1cccc2c1CN(Cc1c(C)cc(C)cc1C)C2(C)C(=O)NS(=O)(=O)c1ccc2c(c1)CCN2. The Hall–Kier alpha value is -3.36. The molecule has 0 aliphatic carbocycles. The lowest BCUT2D eigenvalue weighted by Gasteiger charge is -2.35. The van der Waals surface area contributed by atoms with Crippen LogP contribution in [0.4, 0.5) is 5.69 Å². The van der Waals surface area contributed by atoms with Crippen molar-refractivity contribution in [1.29, 1.82) is 0 Å². The third-order valence-electron chi connectivity index (χ3n) is 7.89. The van der Waals surface area contributed by atoms with Gasteiger partial charge in [-0.05, 0) is 93.1 Å². The van der Waals surface area contributed by atoms with Crippen LogP contribution in [0.2, 0.25) is 0 Å². The largest absolute Gasteiger partial charge is 0.494 e. The first-order valence-electron chi connectivity index (χ1n) is 13.1. The normalized spacial score (nSPS) is 18.6. The fraction of sp³-hybridized carbons (Fsp3) is 0.367. The monoisotopic (exact) mass is 533 g/mol. The number of nitrogens with zero attached hydrogens (tertiary/aromatic N) is 1. The molecule has 5 rings (SSSR count). The number of fused-ring (bicyclic) bond motifs is 2. The number of benzene rings is 3. The lowest BCUT2D eigenvalue weighted by Crippen LogP contribution is -2.52. The predicted octanol–water partition coefficient (Wildman–Crippen LogP) is 4.71. The van der Waals surface area contributed by atoms with Gasteiger partial charge in [-0.15, -0.1) is 0 Å². The van der Waals surface area contributed by atoms with Gasteiger partial charge in [0.05, 0.1) is 11.5 Å². The number of aryl methyl sites for hydroxylation is 3. The van der Waals surface area contributed by atoms with E-state index in [0.29, 0.717) is 19.7 Å². The van der Waals surface area contributed by atoms with Gasteiger partial charge < -0.3 is 10.1 Å². The summed E-state index contributed by atoms with van der Waals surface area (Å²) in [6.45, 7) is 12.2. The number of sulfonamides is 1. The zero-order valence-electron chi connectivity index (χ0n) is 22.6. The van der Waals surface area contributed by atoms with E-state index < -0.39 is 21.5 Å². The Labute approximate surface area is 225 Å². The summed E-state index contributed by atoms with van der Waals surface area (Å²) in [6.07, 6.45) is 0.751. The number of amides is 1. The van der Waals surface area contributed by atoms with Gasteiger partial charge >= 0.3 is 0 Å². The summed E-state index contributed by atoms with van der Waals surface area (Å²) in [5.74, 6) is 0.142. The fourth-order valence-corrected chi connectivity index (χ4v) is 6.96. The molecule has 0 spiro atoms. The van der Waals surface area contributed by atoms with Gasteiger partial charge in [0, 0.05) is 30.9 Å². The first kappa shape index (κ1) is 26.3. The predicted molar refractivity (Wildman–Crippen MR) is 149 cm³/mol. The molecule has 8 heteroatoms. The molecule has 0 radical (unpaired) electrons. The van der Waals surface area contributed by atoms with Crippen molar-refractivity contribution in [3.8, 4) is 5.75 Å². The van der Waals surface area contributed by atoms with Crippen LogP contribution in [-0.4, -0.2) is 32.4 Å². The van der Waals surface area contributed by atoms with E-state index >= 15 is 0 Å². The number of rotatable bonds is 7. The number of nitrogens with one attached hydrogen (secondary N) is 2. The second-order valence-electron chi connectivity index (χ2n) is 10.5. The minimum absolute atomic E-state index is 0.0926. The Morgan fingerprint density at radius 3 is 2.55 bits per heavy atom. The van der Waals surface area contributed by atoms with Gasteiger partial charge in [0.1, 0.15) is 11.3 Å². The highest BCUT2D eigenvalue weighted by atomic mass is 32.2. The minimum atomic E-state index is -4.08. The van der Waals surface area contributed by atoms with Crippen LogP contribution in [0.5, 0.6) is 5.75 Å². The van der Waals surface area contributed by atoms with E-state index in [1.54, 1.807) is 18.2 Å². The van der Waals surface area contributed by atoms with Crippen LogP contribution in [0.15, 0.2) is 53.4 Å². The average Bonchev–Trinajstić information content (AvgIpc) is 3.44. The highest BCUT2D eigenvalue weighted by molar-refractivity contribution is 7.90. The minimum Gasteiger partial charge on any atom is -0.494 e. The van der Waals surface area contributed by atoms with Crippen LogP contribution >= 0.6 is 0 Å². The summed E-state index contributed by atoms with van der Waals surface area (Å²) < 4.78 is 35.2. The van der Waals surface area contributed by atoms with E-state index in [2.05, 4.69) is 47.8 Å². The zero-order chi connectivity index (χ0) is 27.2. The third-order valence-corrected chi connectivity index (χ3v) is 9.22. The summed E-state index contributed by atoms with van der Waals surface area (Å²) in [4.78, 5) is 16.2. The number of hydrogen-bond acceptors (Lipinski definition) is 6. The van der Waals surface area contributed by atoms with Crippen LogP contribution in [-0.2, 0) is 39.9 Å². The van der Waals surface area contributed by atoms with Gasteiger partial charge in [-0.2, -0.15) is 0 Å². The summed E-state index contributed by atoms with van der Waals surface area (Å²) in [5, 5.41) is 3.24. The van der Waals surface area contributed by atoms with E-state index in [4.69, 9.17) is 4.74 Å². The Bertz CT molecular complexity index is 1510. The molecule has 0 fully saturated rings. The number of ether oxygens (including phenoxy) is 1. The topological polar surface area (TPSA) is 87.7 Å². The Balaban J connectivity index is 1.54. The summed E-state index contributed by atoms with van der Waals surface area (Å²) >= 11 is 0. The smallest absolute Gasteiger partial charge is 0.264 e. The molecule has 200 valence electrons. The highest BCUT2D eigenvalue weighted by Crippen LogP contribution is 2.44. The molecule has 2 N–H and O–H groups in total. The maximum atomic E-state index is 14.1. The van der Waals surface area contributed by atoms with Crippen molar-refractivity contribution in [2.75, 3.05) is 18.5 Å². The lowest BCUT2D eigenvalue weighted by molar-refractivity contribution is -0.131. The van der Waals surface area contributed by atoms with Crippen molar-refractivity contribution >= 4 is 21.6 Å². The van der Waals surface area contributed by atoms with Crippen LogP contribution in [0.1, 0.15) is 52.8 Å². The van der Waals surface area contributed by atoms with E-state index in [9.17, 15) is 13.2 Å². The second kappa shape index (κ2) is 9.75. The zero-order valence-corrected chi connectivity index (χ0v) is 23.5. The summed E-state index contributed by atoms with van der Waals surface area (Å²) in [5.41, 5.74) is 6.93. The molecule has 3 aromatic carbocycles. The van der Waals surface area contributed by atoms with Gasteiger partial charge in [-0.25, -0.2) is 13.1 Å². The molecule has 7 nitrogen and oxygen atoms in total. The maximum absolute atomic E-state index is 14.1. The van der Waals surface area contributed by atoms with Crippen LogP contribution in [0.25, 0.3) is 0 Å². The molecule has 2 aliphatic heterocycles. The van der Waals surface area contributed by atoms with Crippen molar-refractivity contribution in [2.45, 2.75) is 64.6 Å². The first-order valence-corrected chi connectivity index (χ1v) is 14.5. The Morgan fingerprint density at radius 1 is 1.11 bits per heavy atom. The Kier molecular flexibility index (Phi) is 6.73. The first-order chi connectivity index (χ1) is 18.0. The summed E-state index contributed by atoms with van der Waals surface area (Å²) in [6, 6.07) is 14.9. The van der Waals surface area contributed by atoms with Gasteiger partial charge in [0.15, 0.2) is 0 Å². The van der Waals surface area contributed by atoms with Gasteiger partial charge in [-0.1, -0.05) is 29.8 Å². The van der Waals surface area contributed by atoms with Crippen LogP contribution in [0.3, 0.4) is 0 Å². The molecule has 2 aliphatic rings. The van der Waals surface area contributed by atoms with Crippen molar-refractivity contribution in [2.24, 2.45) is 0 Å². The van der Waals surface area contributed by atoms with Crippen molar-refractivity contribution in [1.82, 2.24) is 9.62 Å². The van der Waals surface area contributed by atoms with E-state index in [1.165, 1.54) is 5.56 Å². The standard InChI is InChI=1S/C30H35N3O4S/c1-6-37-28-9-7-8-26-25(28)18-33(17-24-20(3)14-19(2)15-21(24)4)30(26,5)29(34)32-38(35,36)23-10-11-27-22(16-23)12-13-31-27/h7-11,14-16,31H,6,12-13,17-18H2,1-5H3,(H,32,34). The molecule has 0 saturated heterocycles. The van der Waals surface area contributed by atoms with E-state index in [1.807, 2.05) is 32.0 Å². The molecule has 0 saturated carbocycles. The molecule has 1 amide bonds. The number of carbonyl (C=O) groups is 1. The lowest BCUT2D eigenvalue weighted by atomic mass is 9.89. The molecule has 2 heterocycles. The highest BCUT2D eigenvalue weighted by Gasteiger charge is 2.49. The molecule has 3 aromatic rings. The molecular formula is C30H35N3O4S.